The van der Waals surface area contributed by atoms with Gasteiger partial charge in [-0.1, -0.05) is 26.0 Å². The average Bonchev–Trinajstić information content (AvgIpc) is 2.97. The first-order valence-electron chi connectivity index (χ1n) is 7.84. The first-order chi connectivity index (χ1) is 10.9. The summed E-state index contributed by atoms with van der Waals surface area (Å²) in [7, 11) is 0. The van der Waals surface area contributed by atoms with Crippen molar-refractivity contribution in [3.8, 4) is 5.75 Å². The molecule has 6 nitrogen and oxygen atoms in total. The van der Waals surface area contributed by atoms with E-state index >= 15 is 0 Å². The van der Waals surface area contributed by atoms with Gasteiger partial charge in [0.25, 0.3) is 11.8 Å². The van der Waals surface area contributed by atoms with Crippen LogP contribution in [0.15, 0.2) is 24.3 Å². The Morgan fingerprint density at radius 2 is 2.13 bits per heavy atom. The van der Waals surface area contributed by atoms with Gasteiger partial charge in [-0.2, -0.15) is 0 Å². The summed E-state index contributed by atoms with van der Waals surface area (Å²) in [5.74, 6) is -0.0485. The molecule has 1 aromatic rings. The van der Waals surface area contributed by atoms with Crippen molar-refractivity contribution in [1.29, 1.82) is 0 Å². The minimum absolute atomic E-state index is 0.0756. The highest BCUT2D eigenvalue weighted by molar-refractivity contribution is 5.97. The van der Waals surface area contributed by atoms with Gasteiger partial charge in [0.15, 0.2) is 6.61 Å². The molecule has 2 aliphatic rings. The van der Waals surface area contributed by atoms with Crippen LogP contribution in [0.2, 0.25) is 0 Å². The number of amides is 2. The number of nitrogens with one attached hydrogen (secondary N) is 1. The summed E-state index contributed by atoms with van der Waals surface area (Å²) < 4.78 is 11.1. The molecule has 1 heterocycles. The van der Waals surface area contributed by atoms with Crippen molar-refractivity contribution in [2.24, 2.45) is 17.1 Å². The number of benzene rings is 1. The number of carbonyl (C=O) groups is 2. The summed E-state index contributed by atoms with van der Waals surface area (Å²) in [6, 6.07) is 6.93. The van der Waals surface area contributed by atoms with E-state index in [-0.39, 0.29) is 30.1 Å². The molecule has 0 radical (unpaired) electrons. The molecular formula is C17H22N2O4. The van der Waals surface area contributed by atoms with Gasteiger partial charge in [0.1, 0.15) is 5.75 Å². The van der Waals surface area contributed by atoms with Crippen LogP contribution in [0.3, 0.4) is 0 Å². The fraction of sp³-hybridized carbons (Fsp3) is 0.529. The highest BCUT2D eigenvalue weighted by Crippen LogP contribution is 2.52. The predicted octanol–water partition coefficient (Wildman–Crippen LogP) is 1.09. The maximum Gasteiger partial charge on any atom is 0.255 e. The third-order valence-electron chi connectivity index (χ3n) is 4.89. The lowest BCUT2D eigenvalue weighted by atomic mass is 9.57. The third kappa shape index (κ3) is 2.79. The number of ether oxygens (including phenoxy) is 2. The molecule has 3 rings (SSSR count). The van der Waals surface area contributed by atoms with E-state index in [1.807, 2.05) is 0 Å². The SMILES string of the molecule is CC1(C)C(NC(=O)c2ccccc2OCC(N)=O)C2CCOC21. The molecule has 3 unspecified atom stereocenters. The fourth-order valence-corrected chi connectivity index (χ4v) is 3.77. The molecule has 1 saturated carbocycles. The van der Waals surface area contributed by atoms with Gasteiger partial charge in [-0.05, 0) is 18.6 Å². The summed E-state index contributed by atoms with van der Waals surface area (Å²) in [4.78, 5) is 23.5. The van der Waals surface area contributed by atoms with Gasteiger partial charge < -0.3 is 20.5 Å². The molecular weight excluding hydrogens is 296 g/mol. The van der Waals surface area contributed by atoms with Crippen LogP contribution >= 0.6 is 0 Å². The Bertz CT molecular complexity index is 629. The lowest BCUT2D eigenvalue weighted by Crippen LogP contribution is -2.66. The normalized spacial score (nSPS) is 27.7. The maximum absolute atomic E-state index is 12.6. The summed E-state index contributed by atoms with van der Waals surface area (Å²) in [5.41, 5.74) is 5.42. The molecule has 1 aromatic carbocycles. The first-order valence-corrected chi connectivity index (χ1v) is 7.84. The number of hydrogen-bond acceptors (Lipinski definition) is 4. The second-order valence-corrected chi connectivity index (χ2v) is 6.77. The lowest BCUT2D eigenvalue weighted by molar-refractivity contribution is -0.119. The molecule has 0 bridgehead atoms. The van der Waals surface area contributed by atoms with Crippen molar-refractivity contribution in [2.75, 3.05) is 13.2 Å². The summed E-state index contributed by atoms with van der Waals surface area (Å²) >= 11 is 0. The van der Waals surface area contributed by atoms with Gasteiger partial charge in [-0.15, -0.1) is 0 Å². The predicted molar refractivity (Wildman–Crippen MR) is 84.0 cm³/mol. The van der Waals surface area contributed by atoms with E-state index in [0.29, 0.717) is 17.2 Å². The quantitative estimate of drug-likeness (QED) is 0.850. The number of nitrogens with two attached hydrogens (primary N) is 1. The second kappa shape index (κ2) is 5.85. The van der Waals surface area contributed by atoms with Crippen LogP contribution in [0.4, 0.5) is 0 Å². The van der Waals surface area contributed by atoms with Gasteiger partial charge in [0, 0.05) is 24.0 Å². The molecule has 2 fully saturated rings. The highest BCUT2D eigenvalue weighted by atomic mass is 16.5. The van der Waals surface area contributed by atoms with Gasteiger partial charge in [0.2, 0.25) is 0 Å². The summed E-state index contributed by atoms with van der Waals surface area (Å²) in [6.07, 6.45) is 1.19. The number of rotatable bonds is 5. The van der Waals surface area contributed by atoms with E-state index in [1.165, 1.54) is 0 Å². The van der Waals surface area contributed by atoms with E-state index in [2.05, 4.69) is 19.2 Å². The zero-order valence-electron chi connectivity index (χ0n) is 13.4. The molecule has 1 saturated heterocycles. The third-order valence-corrected chi connectivity index (χ3v) is 4.89. The number of primary amides is 1. The molecule has 6 heteroatoms. The van der Waals surface area contributed by atoms with Crippen molar-refractivity contribution in [1.82, 2.24) is 5.32 Å². The Labute approximate surface area is 135 Å². The topological polar surface area (TPSA) is 90.6 Å². The van der Waals surface area contributed by atoms with E-state index in [1.54, 1.807) is 24.3 Å². The van der Waals surface area contributed by atoms with Crippen molar-refractivity contribution in [2.45, 2.75) is 32.4 Å². The fourth-order valence-electron chi connectivity index (χ4n) is 3.77. The van der Waals surface area contributed by atoms with Crippen molar-refractivity contribution < 1.29 is 19.1 Å². The standard InChI is InChI=1S/C17H22N2O4/c1-17(2)14(11-7-8-22-15(11)17)19-16(21)10-5-3-4-6-12(10)23-9-13(18)20/h3-6,11,14-15H,7-9H2,1-2H3,(H2,18,20)(H,19,21). The van der Waals surface area contributed by atoms with E-state index in [9.17, 15) is 9.59 Å². The Balaban J connectivity index is 1.72. The van der Waals surface area contributed by atoms with Crippen LogP contribution in [0.5, 0.6) is 5.75 Å². The van der Waals surface area contributed by atoms with Crippen molar-refractivity contribution in [3.05, 3.63) is 29.8 Å². The Hall–Kier alpha value is -2.08. The Morgan fingerprint density at radius 3 is 2.87 bits per heavy atom. The zero-order valence-corrected chi connectivity index (χ0v) is 13.4. The zero-order chi connectivity index (χ0) is 16.6. The van der Waals surface area contributed by atoms with E-state index in [0.717, 1.165) is 13.0 Å². The second-order valence-electron chi connectivity index (χ2n) is 6.77. The van der Waals surface area contributed by atoms with Gasteiger partial charge in [0.05, 0.1) is 11.7 Å². The minimum atomic E-state index is -0.578. The highest BCUT2D eigenvalue weighted by Gasteiger charge is 2.59. The van der Waals surface area contributed by atoms with Gasteiger partial charge in [-0.3, -0.25) is 9.59 Å². The van der Waals surface area contributed by atoms with E-state index in [4.69, 9.17) is 15.2 Å². The number of carbonyl (C=O) groups excluding carboxylic acids is 2. The molecule has 3 atom stereocenters. The molecule has 3 N–H and O–H groups in total. The van der Waals surface area contributed by atoms with Crippen molar-refractivity contribution in [3.63, 3.8) is 0 Å². The van der Waals surface area contributed by atoms with Crippen LogP contribution in [0.1, 0.15) is 30.6 Å². The van der Waals surface area contributed by atoms with Crippen LogP contribution in [-0.2, 0) is 9.53 Å². The number of para-hydroxylation sites is 1. The molecule has 124 valence electrons. The number of fused-ring (bicyclic) bond motifs is 1. The molecule has 2 amide bonds. The lowest BCUT2D eigenvalue weighted by Gasteiger charge is -2.54. The summed E-state index contributed by atoms with van der Waals surface area (Å²) in [6.45, 7) is 4.72. The van der Waals surface area contributed by atoms with Crippen LogP contribution < -0.4 is 15.8 Å². The first kappa shape index (κ1) is 15.8. The van der Waals surface area contributed by atoms with Crippen molar-refractivity contribution >= 4 is 11.8 Å². The van der Waals surface area contributed by atoms with E-state index < -0.39 is 5.91 Å². The van der Waals surface area contributed by atoms with Crippen LogP contribution in [0.25, 0.3) is 0 Å². The molecule has 23 heavy (non-hydrogen) atoms. The smallest absolute Gasteiger partial charge is 0.255 e. The molecule has 1 aliphatic heterocycles. The minimum Gasteiger partial charge on any atom is -0.483 e. The molecule has 0 spiro atoms. The van der Waals surface area contributed by atoms with Crippen LogP contribution in [0, 0.1) is 11.3 Å². The maximum atomic E-state index is 12.6. The summed E-state index contributed by atoms with van der Waals surface area (Å²) in [5, 5.41) is 3.11. The van der Waals surface area contributed by atoms with Gasteiger partial charge in [-0.25, -0.2) is 0 Å². The Morgan fingerprint density at radius 1 is 1.39 bits per heavy atom. The van der Waals surface area contributed by atoms with Crippen LogP contribution in [-0.4, -0.2) is 37.2 Å². The molecule has 0 aromatic heterocycles. The number of hydrogen-bond donors (Lipinski definition) is 2. The molecule has 1 aliphatic carbocycles. The monoisotopic (exact) mass is 318 g/mol. The van der Waals surface area contributed by atoms with Gasteiger partial charge >= 0.3 is 0 Å². The largest absolute Gasteiger partial charge is 0.483 e. The average molecular weight is 318 g/mol. The Kier molecular flexibility index (Phi) is 4.02.